The van der Waals surface area contributed by atoms with Gasteiger partial charge in [0.15, 0.2) is 0 Å². The van der Waals surface area contributed by atoms with Crippen LogP contribution in [0.25, 0.3) is 0 Å². The standard InChI is InChI=1S/C8H18N2/c1-6-8(3)10(5)9(4)7-2/h6,8H,1,7H2,2-5H3/t8-/m1/s1. The summed E-state index contributed by atoms with van der Waals surface area (Å²) < 4.78 is 0. The Morgan fingerprint density at radius 2 is 2.00 bits per heavy atom. The smallest absolute Gasteiger partial charge is 0.0391 e. The molecule has 1 atom stereocenters. The Balaban J connectivity index is 3.80. The predicted molar refractivity (Wildman–Crippen MR) is 45.7 cm³/mol. The van der Waals surface area contributed by atoms with Gasteiger partial charge in [-0.2, -0.15) is 0 Å². The molecule has 0 rings (SSSR count). The number of rotatable bonds is 4. The Hall–Kier alpha value is -0.340. The molecule has 0 bridgehead atoms. The van der Waals surface area contributed by atoms with Crippen LogP contribution in [0.2, 0.25) is 0 Å². The van der Waals surface area contributed by atoms with E-state index < -0.39 is 0 Å². The van der Waals surface area contributed by atoms with Gasteiger partial charge < -0.3 is 0 Å². The normalized spacial score (nSPS) is 14.2. The van der Waals surface area contributed by atoms with Crippen LogP contribution in [-0.4, -0.2) is 36.7 Å². The van der Waals surface area contributed by atoms with Crippen LogP contribution in [0.15, 0.2) is 12.7 Å². The van der Waals surface area contributed by atoms with E-state index in [1.54, 1.807) is 0 Å². The molecule has 0 aliphatic heterocycles. The average Bonchev–Trinajstić information content (AvgIpc) is 2.00. The molecular weight excluding hydrogens is 124 g/mol. The summed E-state index contributed by atoms with van der Waals surface area (Å²) in [7, 11) is 4.13. The average molecular weight is 142 g/mol. The zero-order valence-electron chi connectivity index (χ0n) is 7.46. The minimum atomic E-state index is 0.421. The number of hydrazine groups is 1. The number of hydrogen-bond acceptors (Lipinski definition) is 2. The fraction of sp³-hybridized carbons (Fsp3) is 0.750. The van der Waals surface area contributed by atoms with Gasteiger partial charge in [0.05, 0.1) is 0 Å². The summed E-state index contributed by atoms with van der Waals surface area (Å²) in [6, 6.07) is 0.421. The molecule has 2 nitrogen and oxygen atoms in total. The Labute approximate surface area is 64.1 Å². The van der Waals surface area contributed by atoms with Crippen LogP contribution in [0.4, 0.5) is 0 Å². The van der Waals surface area contributed by atoms with Crippen LogP contribution >= 0.6 is 0 Å². The molecule has 0 radical (unpaired) electrons. The van der Waals surface area contributed by atoms with Gasteiger partial charge in [0.1, 0.15) is 0 Å². The van der Waals surface area contributed by atoms with Crippen molar-refractivity contribution in [2.24, 2.45) is 0 Å². The van der Waals surface area contributed by atoms with Gasteiger partial charge in [0.25, 0.3) is 0 Å². The van der Waals surface area contributed by atoms with E-state index in [0.717, 1.165) is 6.54 Å². The van der Waals surface area contributed by atoms with Gasteiger partial charge in [-0.25, -0.2) is 10.0 Å². The van der Waals surface area contributed by atoms with E-state index in [1.165, 1.54) is 0 Å². The van der Waals surface area contributed by atoms with E-state index in [0.29, 0.717) is 6.04 Å². The Morgan fingerprint density at radius 3 is 2.30 bits per heavy atom. The maximum absolute atomic E-state index is 3.73. The summed E-state index contributed by atoms with van der Waals surface area (Å²) in [5.41, 5.74) is 0. The Bertz CT molecular complexity index is 101. The lowest BCUT2D eigenvalue weighted by molar-refractivity contribution is 0.0133. The van der Waals surface area contributed by atoms with Crippen LogP contribution in [0, 0.1) is 0 Å². The lowest BCUT2D eigenvalue weighted by Crippen LogP contribution is -2.41. The maximum atomic E-state index is 3.73. The monoisotopic (exact) mass is 142 g/mol. The zero-order valence-corrected chi connectivity index (χ0v) is 7.46. The highest BCUT2D eigenvalue weighted by molar-refractivity contribution is 4.80. The quantitative estimate of drug-likeness (QED) is 0.432. The fourth-order valence-electron chi connectivity index (χ4n) is 0.687. The molecule has 0 aromatic heterocycles. The zero-order chi connectivity index (χ0) is 8.15. The molecule has 0 spiro atoms. The van der Waals surface area contributed by atoms with Crippen LogP contribution in [0.5, 0.6) is 0 Å². The molecule has 0 fully saturated rings. The maximum Gasteiger partial charge on any atom is 0.0391 e. The molecule has 0 heterocycles. The topological polar surface area (TPSA) is 6.48 Å². The highest BCUT2D eigenvalue weighted by atomic mass is 15.6. The molecule has 0 saturated heterocycles. The minimum absolute atomic E-state index is 0.421. The van der Waals surface area contributed by atoms with Crippen LogP contribution < -0.4 is 0 Å². The SMILES string of the molecule is C=C[C@@H](C)N(C)N(C)CC. The first-order chi connectivity index (χ1) is 4.63. The minimum Gasteiger partial charge on any atom is -0.245 e. The molecule has 0 unspecified atom stereocenters. The molecule has 0 amide bonds. The van der Waals surface area contributed by atoms with Gasteiger partial charge in [-0.05, 0) is 6.92 Å². The van der Waals surface area contributed by atoms with Crippen LogP contribution in [0.1, 0.15) is 13.8 Å². The number of hydrogen-bond donors (Lipinski definition) is 0. The number of likely N-dealkylation sites (N-methyl/N-ethyl adjacent to an activating group) is 1. The second kappa shape index (κ2) is 4.47. The molecule has 2 heteroatoms. The van der Waals surface area contributed by atoms with Crippen molar-refractivity contribution in [2.75, 3.05) is 20.6 Å². The Morgan fingerprint density at radius 1 is 1.50 bits per heavy atom. The molecule has 0 aliphatic carbocycles. The molecule has 0 saturated carbocycles. The third-order valence-corrected chi connectivity index (χ3v) is 1.93. The summed E-state index contributed by atoms with van der Waals surface area (Å²) in [6.45, 7) is 9.02. The summed E-state index contributed by atoms with van der Waals surface area (Å²) in [5, 5.41) is 4.32. The molecule has 0 aromatic rings. The summed E-state index contributed by atoms with van der Waals surface area (Å²) in [5.74, 6) is 0. The van der Waals surface area contributed by atoms with Gasteiger partial charge in [0, 0.05) is 26.7 Å². The van der Waals surface area contributed by atoms with E-state index in [9.17, 15) is 0 Å². The highest BCUT2D eigenvalue weighted by Gasteiger charge is 2.07. The predicted octanol–water partition coefficient (Wildman–Crippen LogP) is 1.36. The third kappa shape index (κ3) is 2.50. The fourth-order valence-corrected chi connectivity index (χ4v) is 0.687. The summed E-state index contributed by atoms with van der Waals surface area (Å²) in [6.07, 6.45) is 1.94. The lowest BCUT2D eigenvalue weighted by Gasteiger charge is -2.30. The van der Waals surface area contributed by atoms with E-state index in [4.69, 9.17) is 0 Å². The summed E-state index contributed by atoms with van der Waals surface area (Å²) in [4.78, 5) is 0. The first-order valence-corrected chi connectivity index (χ1v) is 3.69. The van der Waals surface area contributed by atoms with Gasteiger partial charge >= 0.3 is 0 Å². The van der Waals surface area contributed by atoms with Crippen LogP contribution in [0.3, 0.4) is 0 Å². The number of nitrogens with zero attached hydrogens (tertiary/aromatic N) is 2. The van der Waals surface area contributed by atoms with Crippen molar-refractivity contribution in [1.82, 2.24) is 10.0 Å². The lowest BCUT2D eigenvalue weighted by atomic mass is 10.3. The second-order valence-electron chi connectivity index (χ2n) is 2.52. The second-order valence-corrected chi connectivity index (χ2v) is 2.52. The first-order valence-electron chi connectivity index (χ1n) is 3.69. The molecular formula is C8H18N2. The van der Waals surface area contributed by atoms with E-state index in [-0.39, 0.29) is 0 Å². The Kier molecular flexibility index (Phi) is 4.32. The van der Waals surface area contributed by atoms with E-state index in [2.05, 4.69) is 44.5 Å². The third-order valence-electron chi connectivity index (χ3n) is 1.93. The van der Waals surface area contributed by atoms with Crippen molar-refractivity contribution >= 4 is 0 Å². The van der Waals surface area contributed by atoms with Crippen molar-refractivity contribution < 1.29 is 0 Å². The molecule has 0 aliphatic rings. The van der Waals surface area contributed by atoms with Crippen LogP contribution in [-0.2, 0) is 0 Å². The van der Waals surface area contributed by atoms with E-state index in [1.807, 2.05) is 6.08 Å². The van der Waals surface area contributed by atoms with Gasteiger partial charge in [-0.15, -0.1) is 6.58 Å². The van der Waals surface area contributed by atoms with Crippen molar-refractivity contribution in [3.63, 3.8) is 0 Å². The first kappa shape index (κ1) is 9.66. The van der Waals surface area contributed by atoms with Crippen molar-refractivity contribution in [1.29, 1.82) is 0 Å². The van der Waals surface area contributed by atoms with Gasteiger partial charge in [-0.3, -0.25) is 0 Å². The van der Waals surface area contributed by atoms with Crippen molar-refractivity contribution in [3.05, 3.63) is 12.7 Å². The molecule has 0 aromatic carbocycles. The highest BCUT2D eigenvalue weighted by Crippen LogP contribution is 1.98. The largest absolute Gasteiger partial charge is 0.245 e. The molecule has 60 valence electrons. The van der Waals surface area contributed by atoms with Crippen molar-refractivity contribution in [2.45, 2.75) is 19.9 Å². The molecule has 0 N–H and O–H groups in total. The van der Waals surface area contributed by atoms with Gasteiger partial charge in [-0.1, -0.05) is 13.0 Å². The van der Waals surface area contributed by atoms with E-state index >= 15 is 0 Å². The van der Waals surface area contributed by atoms with Crippen molar-refractivity contribution in [3.8, 4) is 0 Å². The summed E-state index contributed by atoms with van der Waals surface area (Å²) >= 11 is 0. The molecule has 10 heavy (non-hydrogen) atoms. The van der Waals surface area contributed by atoms with Gasteiger partial charge in [0.2, 0.25) is 0 Å².